The number of benzene rings is 1. The van der Waals surface area contributed by atoms with Crippen LogP contribution >= 0.6 is 23.1 Å². The first-order valence-electron chi connectivity index (χ1n) is 8.23. The maximum atomic E-state index is 6.22. The molecular formula is C18H20N4OS2. The van der Waals surface area contributed by atoms with Gasteiger partial charge in [0, 0.05) is 41.6 Å². The Morgan fingerprint density at radius 1 is 1.20 bits per heavy atom. The monoisotopic (exact) mass is 372 g/mol. The Hall–Kier alpha value is -1.83. The van der Waals surface area contributed by atoms with Crippen molar-refractivity contribution in [3.63, 3.8) is 0 Å². The van der Waals surface area contributed by atoms with E-state index in [4.69, 9.17) is 15.5 Å². The molecule has 3 heterocycles. The minimum absolute atomic E-state index is 0.541. The van der Waals surface area contributed by atoms with Gasteiger partial charge in [-0.05, 0) is 18.2 Å². The maximum Gasteiger partial charge on any atom is 0.163 e. The van der Waals surface area contributed by atoms with E-state index in [1.807, 2.05) is 36.0 Å². The van der Waals surface area contributed by atoms with Gasteiger partial charge < -0.3 is 10.5 Å². The second-order valence-corrected chi connectivity index (χ2v) is 8.32. The first-order chi connectivity index (χ1) is 12.2. The van der Waals surface area contributed by atoms with Gasteiger partial charge in [-0.2, -0.15) is 11.8 Å². The predicted molar refractivity (Wildman–Crippen MR) is 106 cm³/mol. The molecule has 1 aliphatic rings. The number of nitrogen functional groups attached to an aromatic ring is 1. The molecule has 2 N–H and O–H groups in total. The van der Waals surface area contributed by atoms with Crippen LogP contribution in [0.25, 0.3) is 21.6 Å². The van der Waals surface area contributed by atoms with Crippen LogP contribution in [0.5, 0.6) is 5.75 Å². The predicted octanol–water partition coefficient (Wildman–Crippen LogP) is 3.50. The number of thioether (sulfide) groups is 1. The number of hydrogen-bond acceptors (Lipinski definition) is 7. The van der Waals surface area contributed by atoms with E-state index >= 15 is 0 Å². The Balaban J connectivity index is 1.66. The van der Waals surface area contributed by atoms with Crippen LogP contribution in [-0.2, 0) is 6.54 Å². The van der Waals surface area contributed by atoms with Crippen LogP contribution in [0, 0.1) is 0 Å². The summed E-state index contributed by atoms with van der Waals surface area (Å²) >= 11 is 3.74. The first-order valence-corrected chi connectivity index (χ1v) is 10.2. The number of hydrogen-bond donors (Lipinski definition) is 1. The average molecular weight is 373 g/mol. The van der Waals surface area contributed by atoms with Gasteiger partial charge in [-0.1, -0.05) is 12.1 Å². The summed E-state index contributed by atoms with van der Waals surface area (Å²) in [5, 5.41) is 0.957. The van der Waals surface area contributed by atoms with Crippen LogP contribution in [0.4, 0.5) is 5.82 Å². The number of aromatic nitrogens is 2. The summed E-state index contributed by atoms with van der Waals surface area (Å²) in [7, 11) is 1.65. The van der Waals surface area contributed by atoms with Gasteiger partial charge in [0.05, 0.1) is 12.5 Å². The van der Waals surface area contributed by atoms with Crippen molar-refractivity contribution in [2.45, 2.75) is 6.54 Å². The molecule has 1 aromatic carbocycles. The van der Waals surface area contributed by atoms with Gasteiger partial charge in [0.1, 0.15) is 16.4 Å². The van der Waals surface area contributed by atoms with Crippen molar-refractivity contribution in [3.8, 4) is 17.1 Å². The summed E-state index contributed by atoms with van der Waals surface area (Å²) in [5.41, 5.74) is 7.13. The van der Waals surface area contributed by atoms with Gasteiger partial charge in [-0.25, -0.2) is 9.97 Å². The SMILES string of the molecule is COc1cccc(-c2nc(N)c3cc(CN4CCSCC4)sc3n2)c1. The van der Waals surface area contributed by atoms with E-state index in [-0.39, 0.29) is 0 Å². The smallest absolute Gasteiger partial charge is 0.163 e. The summed E-state index contributed by atoms with van der Waals surface area (Å²) in [6, 6.07) is 9.90. The fourth-order valence-electron chi connectivity index (χ4n) is 2.94. The van der Waals surface area contributed by atoms with Crippen LogP contribution < -0.4 is 10.5 Å². The molecule has 0 aliphatic carbocycles. The number of nitrogens with two attached hydrogens (primary N) is 1. The first kappa shape index (κ1) is 16.6. The van der Waals surface area contributed by atoms with Gasteiger partial charge in [0.2, 0.25) is 0 Å². The molecule has 7 heteroatoms. The van der Waals surface area contributed by atoms with Gasteiger partial charge in [-0.3, -0.25) is 4.90 Å². The zero-order valence-corrected chi connectivity index (χ0v) is 15.7. The third-order valence-electron chi connectivity index (χ3n) is 4.28. The third-order valence-corrected chi connectivity index (χ3v) is 6.24. The van der Waals surface area contributed by atoms with E-state index < -0.39 is 0 Å². The molecule has 0 spiro atoms. The van der Waals surface area contributed by atoms with Crippen LogP contribution in [0.2, 0.25) is 0 Å². The molecule has 1 fully saturated rings. The number of rotatable bonds is 4. The fraction of sp³-hybridized carbons (Fsp3) is 0.333. The Morgan fingerprint density at radius 2 is 2.04 bits per heavy atom. The number of ether oxygens (including phenoxy) is 1. The zero-order valence-electron chi connectivity index (χ0n) is 14.1. The number of fused-ring (bicyclic) bond motifs is 1. The molecule has 1 saturated heterocycles. The summed E-state index contributed by atoms with van der Waals surface area (Å²) in [4.78, 5) is 14.0. The van der Waals surface area contributed by atoms with Crippen molar-refractivity contribution in [1.29, 1.82) is 0 Å². The highest BCUT2D eigenvalue weighted by atomic mass is 32.2. The average Bonchev–Trinajstić information content (AvgIpc) is 3.05. The Morgan fingerprint density at radius 3 is 2.84 bits per heavy atom. The van der Waals surface area contributed by atoms with E-state index in [1.54, 1.807) is 18.4 Å². The van der Waals surface area contributed by atoms with Crippen molar-refractivity contribution in [1.82, 2.24) is 14.9 Å². The Kier molecular flexibility index (Phi) is 4.78. The Bertz CT molecular complexity index is 890. The molecule has 0 unspecified atom stereocenters. The van der Waals surface area contributed by atoms with E-state index in [0.29, 0.717) is 11.6 Å². The molecule has 0 saturated carbocycles. The van der Waals surface area contributed by atoms with Crippen LogP contribution in [-0.4, -0.2) is 46.6 Å². The quantitative estimate of drug-likeness (QED) is 0.756. The molecule has 0 amide bonds. The molecule has 25 heavy (non-hydrogen) atoms. The Labute approximate surface area is 155 Å². The fourth-order valence-corrected chi connectivity index (χ4v) is 5.00. The lowest BCUT2D eigenvalue weighted by molar-refractivity contribution is 0.297. The molecule has 4 rings (SSSR count). The molecule has 0 atom stereocenters. The summed E-state index contributed by atoms with van der Waals surface area (Å²) < 4.78 is 5.29. The molecule has 130 valence electrons. The normalized spacial score (nSPS) is 15.6. The lowest BCUT2D eigenvalue weighted by Gasteiger charge is -2.25. The highest BCUT2D eigenvalue weighted by molar-refractivity contribution is 7.99. The van der Waals surface area contributed by atoms with Crippen molar-refractivity contribution in [3.05, 3.63) is 35.2 Å². The summed E-state index contributed by atoms with van der Waals surface area (Å²) in [5.74, 6) is 4.40. The van der Waals surface area contributed by atoms with Gasteiger partial charge >= 0.3 is 0 Å². The van der Waals surface area contributed by atoms with Crippen LogP contribution in [0.3, 0.4) is 0 Å². The topological polar surface area (TPSA) is 64.3 Å². The van der Waals surface area contributed by atoms with Gasteiger partial charge in [-0.15, -0.1) is 11.3 Å². The summed E-state index contributed by atoms with van der Waals surface area (Å²) in [6.07, 6.45) is 0. The highest BCUT2D eigenvalue weighted by Gasteiger charge is 2.15. The number of nitrogens with zero attached hydrogens (tertiary/aromatic N) is 3. The molecular weight excluding hydrogens is 352 g/mol. The second kappa shape index (κ2) is 7.19. The van der Waals surface area contributed by atoms with E-state index in [1.165, 1.54) is 16.4 Å². The standard InChI is InChI=1S/C18H20N4OS2/c1-23-13-4-2-3-12(9-13)17-20-16(19)15-10-14(25-18(15)21-17)11-22-5-7-24-8-6-22/h2-4,9-10H,5-8,11H2,1H3,(H2,19,20,21). The minimum Gasteiger partial charge on any atom is -0.497 e. The van der Waals surface area contributed by atoms with E-state index in [2.05, 4.69) is 16.0 Å². The largest absolute Gasteiger partial charge is 0.497 e. The summed E-state index contributed by atoms with van der Waals surface area (Å²) in [6.45, 7) is 3.26. The highest BCUT2D eigenvalue weighted by Crippen LogP contribution is 2.31. The molecule has 2 aromatic heterocycles. The third kappa shape index (κ3) is 3.58. The maximum absolute atomic E-state index is 6.22. The molecule has 1 aliphatic heterocycles. The van der Waals surface area contributed by atoms with Crippen LogP contribution in [0.1, 0.15) is 4.88 Å². The van der Waals surface area contributed by atoms with E-state index in [0.717, 1.165) is 41.2 Å². The number of thiophene rings is 1. The van der Waals surface area contributed by atoms with Gasteiger partial charge in [0.15, 0.2) is 5.82 Å². The van der Waals surface area contributed by atoms with Crippen LogP contribution in [0.15, 0.2) is 30.3 Å². The lowest BCUT2D eigenvalue weighted by atomic mass is 10.2. The lowest BCUT2D eigenvalue weighted by Crippen LogP contribution is -2.31. The van der Waals surface area contributed by atoms with Crippen molar-refractivity contribution in [2.24, 2.45) is 0 Å². The van der Waals surface area contributed by atoms with Crippen molar-refractivity contribution < 1.29 is 4.74 Å². The van der Waals surface area contributed by atoms with Crippen molar-refractivity contribution >= 4 is 39.1 Å². The zero-order chi connectivity index (χ0) is 17.2. The minimum atomic E-state index is 0.541. The molecule has 3 aromatic rings. The number of anilines is 1. The van der Waals surface area contributed by atoms with Gasteiger partial charge in [0.25, 0.3) is 0 Å². The number of methoxy groups -OCH3 is 1. The molecule has 0 radical (unpaired) electrons. The second-order valence-electron chi connectivity index (χ2n) is 5.98. The molecule has 0 bridgehead atoms. The molecule has 5 nitrogen and oxygen atoms in total. The van der Waals surface area contributed by atoms with Crippen molar-refractivity contribution in [2.75, 3.05) is 37.4 Å². The van der Waals surface area contributed by atoms with E-state index in [9.17, 15) is 0 Å².